The minimum absolute atomic E-state index is 0.0193. The van der Waals surface area contributed by atoms with Crippen molar-refractivity contribution >= 4 is 38.5 Å². The predicted octanol–water partition coefficient (Wildman–Crippen LogP) is 4.87. The van der Waals surface area contributed by atoms with Crippen LogP contribution in [0.2, 0.25) is 0 Å². The molecular weight excluding hydrogens is 439 g/mol. The monoisotopic (exact) mass is 456 g/mol. The van der Waals surface area contributed by atoms with Crippen LogP contribution in [0.3, 0.4) is 0 Å². The Balaban J connectivity index is 2.06. The summed E-state index contributed by atoms with van der Waals surface area (Å²) in [7, 11) is 0. The average molecular weight is 457 g/mol. The van der Waals surface area contributed by atoms with E-state index in [1.165, 1.54) is 39.5 Å². The van der Waals surface area contributed by atoms with Crippen molar-refractivity contribution in [2.24, 2.45) is 5.84 Å². The molecule has 0 bridgehead atoms. The quantitative estimate of drug-likeness (QED) is 0.391. The molecule has 0 saturated heterocycles. The maximum absolute atomic E-state index is 5.91. The molecule has 0 heterocycles. The topological polar surface area (TPSA) is 38.0 Å². The van der Waals surface area contributed by atoms with Gasteiger partial charge in [-0.3, -0.25) is 5.84 Å². The first-order chi connectivity index (χ1) is 10.2. The van der Waals surface area contributed by atoms with E-state index in [0.717, 1.165) is 4.47 Å². The molecule has 2 aromatic carbocycles. The van der Waals surface area contributed by atoms with Gasteiger partial charge in [0, 0.05) is 8.04 Å². The van der Waals surface area contributed by atoms with E-state index in [1.807, 2.05) is 0 Å². The first kappa shape index (κ1) is 15.5. The molecule has 1 fully saturated rings. The summed E-state index contributed by atoms with van der Waals surface area (Å²) in [6.45, 7) is 0. The average Bonchev–Trinajstić information content (AvgIpc) is 2.43. The number of nitrogens with one attached hydrogen (secondary N) is 1. The fourth-order valence-corrected chi connectivity index (χ4v) is 3.94. The van der Waals surface area contributed by atoms with Gasteiger partial charge >= 0.3 is 0 Å². The Morgan fingerprint density at radius 3 is 2.57 bits per heavy atom. The number of hydrazine groups is 1. The van der Waals surface area contributed by atoms with E-state index in [4.69, 9.17) is 5.84 Å². The lowest BCUT2D eigenvalue weighted by Crippen LogP contribution is -2.30. The largest absolute Gasteiger partial charge is 0.271 e. The highest BCUT2D eigenvalue weighted by Gasteiger charge is 2.26. The van der Waals surface area contributed by atoms with Crippen molar-refractivity contribution in [2.45, 2.75) is 31.2 Å². The third kappa shape index (κ3) is 3.18. The molecule has 1 saturated carbocycles. The van der Waals surface area contributed by atoms with E-state index in [1.54, 1.807) is 0 Å². The van der Waals surface area contributed by atoms with E-state index < -0.39 is 0 Å². The second-order valence-electron chi connectivity index (χ2n) is 5.52. The smallest absolute Gasteiger partial charge is 0.0724 e. The lowest BCUT2D eigenvalue weighted by Gasteiger charge is -2.30. The summed E-state index contributed by atoms with van der Waals surface area (Å²) < 4.78 is 2.31. The molecular formula is C17H18BrIN2. The highest BCUT2D eigenvalue weighted by molar-refractivity contribution is 14.1. The first-order valence-corrected chi connectivity index (χ1v) is 9.07. The van der Waals surface area contributed by atoms with Gasteiger partial charge in [0.15, 0.2) is 0 Å². The summed E-state index contributed by atoms with van der Waals surface area (Å²) in [6.07, 6.45) is 3.93. The van der Waals surface area contributed by atoms with Gasteiger partial charge in [-0.25, -0.2) is 5.43 Å². The van der Waals surface area contributed by atoms with Crippen molar-refractivity contribution in [3.8, 4) is 0 Å². The summed E-state index contributed by atoms with van der Waals surface area (Å²) in [5.74, 6) is 6.60. The van der Waals surface area contributed by atoms with Crippen molar-refractivity contribution in [1.82, 2.24) is 5.43 Å². The molecule has 1 atom stereocenters. The van der Waals surface area contributed by atoms with E-state index in [9.17, 15) is 0 Å². The van der Waals surface area contributed by atoms with Gasteiger partial charge in [-0.15, -0.1) is 0 Å². The van der Waals surface area contributed by atoms with Crippen LogP contribution in [0.4, 0.5) is 0 Å². The second-order valence-corrected chi connectivity index (χ2v) is 7.62. The molecule has 0 spiro atoms. The van der Waals surface area contributed by atoms with Gasteiger partial charge in [-0.1, -0.05) is 46.6 Å². The van der Waals surface area contributed by atoms with Crippen LogP contribution in [0.5, 0.6) is 0 Å². The van der Waals surface area contributed by atoms with Gasteiger partial charge in [0.25, 0.3) is 0 Å². The predicted molar refractivity (Wildman–Crippen MR) is 99.1 cm³/mol. The molecule has 4 heteroatoms. The van der Waals surface area contributed by atoms with Crippen molar-refractivity contribution < 1.29 is 0 Å². The zero-order valence-electron chi connectivity index (χ0n) is 11.7. The molecule has 3 N–H and O–H groups in total. The highest BCUT2D eigenvalue weighted by Crippen LogP contribution is 2.41. The Morgan fingerprint density at radius 2 is 1.90 bits per heavy atom. The Morgan fingerprint density at radius 1 is 1.14 bits per heavy atom. The fourth-order valence-electron chi connectivity index (χ4n) is 2.95. The SMILES string of the molecule is NNC(c1cc(I)ccc1Br)c1ccccc1C1CCC1. The van der Waals surface area contributed by atoms with Crippen LogP contribution < -0.4 is 11.3 Å². The van der Waals surface area contributed by atoms with Crippen molar-refractivity contribution in [3.05, 3.63) is 67.2 Å². The van der Waals surface area contributed by atoms with Crippen LogP contribution in [-0.4, -0.2) is 0 Å². The molecule has 3 rings (SSSR count). The lowest BCUT2D eigenvalue weighted by molar-refractivity contribution is 0.414. The zero-order valence-corrected chi connectivity index (χ0v) is 15.4. The van der Waals surface area contributed by atoms with Crippen molar-refractivity contribution in [3.63, 3.8) is 0 Å². The first-order valence-electron chi connectivity index (χ1n) is 7.20. The van der Waals surface area contributed by atoms with Crippen LogP contribution >= 0.6 is 38.5 Å². The Bertz CT molecular complexity index is 640. The molecule has 2 aromatic rings. The number of rotatable bonds is 4. The van der Waals surface area contributed by atoms with E-state index in [0.29, 0.717) is 5.92 Å². The highest BCUT2D eigenvalue weighted by atomic mass is 127. The molecule has 0 radical (unpaired) electrons. The van der Waals surface area contributed by atoms with Gasteiger partial charge in [-0.2, -0.15) is 0 Å². The number of benzene rings is 2. The van der Waals surface area contributed by atoms with Gasteiger partial charge in [0.05, 0.1) is 6.04 Å². The molecule has 21 heavy (non-hydrogen) atoms. The Hall–Kier alpha value is -0.430. The number of hydrogen-bond acceptors (Lipinski definition) is 2. The number of halogens is 2. The second kappa shape index (κ2) is 6.77. The summed E-state index contributed by atoms with van der Waals surface area (Å²) >= 11 is 6.01. The van der Waals surface area contributed by atoms with Gasteiger partial charge in [-0.05, 0) is 76.2 Å². The minimum Gasteiger partial charge on any atom is -0.271 e. The minimum atomic E-state index is 0.0193. The van der Waals surface area contributed by atoms with Crippen molar-refractivity contribution in [1.29, 1.82) is 0 Å². The zero-order chi connectivity index (χ0) is 14.8. The maximum Gasteiger partial charge on any atom is 0.0724 e. The van der Waals surface area contributed by atoms with Crippen molar-refractivity contribution in [2.75, 3.05) is 0 Å². The Labute approximate surface area is 147 Å². The Kier molecular flexibility index (Phi) is 4.99. The molecule has 110 valence electrons. The summed E-state index contributed by atoms with van der Waals surface area (Å²) in [4.78, 5) is 0. The van der Waals surface area contributed by atoms with Crippen LogP contribution in [0, 0.1) is 3.57 Å². The number of hydrogen-bond donors (Lipinski definition) is 2. The molecule has 2 nitrogen and oxygen atoms in total. The van der Waals surface area contributed by atoms with Gasteiger partial charge < -0.3 is 0 Å². The molecule has 0 amide bonds. The van der Waals surface area contributed by atoms with Gasteiger partial charge in [0.2, 0.25) is 0 Å². The summed E-state index contributed by atoms with van der Waals surface area (Å²) in [6, 6.07) is 15.1. The number of nitrogens with two attached hydrogens (primary N) is 1. The third-order valence-electron chi connectivity index (χ3n) is 4.29. The van der Waals surface area contributed by atoms with Crippen LogP contribution in [0.15, 0.2) is 46.9 Å². The maximum atomic E-state index is 5.91. The van der Waals surface area contributed by atoms with Gasteiger partial charge in [0.1, 0.15) is 0 Å². The standard InChI is InChI=1S/C17H18BrIN2/c18-16-9-8-12(19)10-15(16)17(21-20)14-7-2-1-6-13(14)11-4-3-5-11/h1-2,6-11,17,21H,3-5,20H2. The van der Waals surface area contributed by atoms with E-state index in [-0.39, 0.29) is 6.04 Å². The summed E-state index contributed by atoms with van der Waals surface area (Å²) in [5, 5.41) is 0. The van der Waals surface area contributed by atoms with E-state index in [2.05, 4.69) is 86.4 Å². The van der Waals surface area contributed by atoms with Crippen LogP contribution in [0.1, 0.15) is 47.9 Å². The summed E-state index contributed by atoms with van der Waals surface area (Å²) in [5.41, 5.74) is 6.94. The molecule has 1 aliphatic carbocycles. The molecule has 0 aliphatic heterocycles. The normalized spacial score (nSPS) is 16.5. The fraction of sp³-hybridized carbons (Fsp3) is 0.294. The van der Waals surface area contributed by atoms with Crippen LogP contribution in [-0.2, 0) is 0 Å². The third-order valence-corrected chi connectivity index (χ3v) is 5.68. The molecule has 0 aromatic heterocycles. The molecule has 1 unspecified atom stereocenters. The molecule has 1 aliphatic rings. The van der Waals surface area contributed by atoms with Crippen LogP contribution in [0.25, 0.3) is 0 Å². The van der Waals surface area contributed by atoms with E-state index >= 15 is 0 Å². The lowest BCUT2D eigenvalue weighted by atomic mass is 9.76.